The molecule has 1 aromatic carbocycles. The minimum Gasteiger partial charge on any atom is -0.387 e. The molecular weight excluding hydrogens is 284 g/mol. The molecule has 0 saturated carbocycles. The van der Waals surface area contributed by atoms with Gasteiger partial charge in [-0.2, -0.15) is 0 Å². The van der Waals surface area contributed by atoms with Gasteiger partial charge >= 0.3 is 0 Å². The van der Waals surface area contributed by atoms with Gasteiger partial charge in [0.1, 0.15) is 4.90 Å². The summed E-state index contributed by atoms with van der Waals surface area (Å²) < 4.78 is 38.6. The van der Waals surface area contributed by atoms with E-state index in [1.807, 2.05) is 0 Å². The van der Waals surface area contributed by atoms with Crippen LogP contribution in [0.5, 0.6) is 0 Å². The second kappa shape index (κ2) is 6.02. The highest BCUT2D eigenvalue weighted by molar-refractivity contribution is 7.89. The molecule has 0 aliphatic carbocycles. The topological polar surface area (TPSA) is 75.3 Å². The van der Waals surface area contributed by atoms with Crippen molar-refractivity contribution in [3.05, 3.63) is 24.3 Å². The second-order valence-electron chi connectivity index (χ2n) is 4.49. The van der Waals surface area contributed by atoms with Gasteiger partial charge in [0.25, 0.3) is 0 Å². The largest absolute Gasteiger partial charge is 0.387 e. The van der Waals surface area contributed by atoms with Gasteiger partial charge in [0.2, 0.25) is 10.0 Å². The lowest BCUT2D eigenvalue weighted by molar-refractivity contribution is 0.522. The summed E-state index contributed by atoms with van der Waals surface area (Å²) in [5, 5.41) is 2.88. The fraction of sp³-hybridized carbons (Fsp3) is 0.500. The van der Waals surface area contributed by atoms with Crippen LogP contribution in [0.2, 0.25) is 0 Å². The Hall–Kier alpha value is -0.920. The van der Waals surface area contributed by atoms with Crippen LogP contribution in [-0.2, 0) is 20.8 Å². The van der Waals surface area contributed by atoms with Crippen molar-refractivity contribution in [1.29, 1.82) is 0 Å². The number of sulfonamides is 1. The molecule has 5 nitrogen and oxygen atoms in total. The average molecular weight is 302 g/mol. The summed E-state index contributed by atoms with van der Waals surface area (Å²) in [6.07, 6.45) is 1.27. The van der Waals surface area contributed by atoms with Gasteiger partial charge in [-0.3, -0.25) is 4.21 Å². The van der Waals surface area contributed by atoms with Crippen LogP contribution in [0.3, 0.4) is 0 Å². The van der Waals surface area contributed by atoms with Crippen molar-refractivity contribution < 1.29 is 12.6 Å². The predicted molar refractivity (Wildman–Crippen MR) is 77.2 cm³/mol. The molecule has 0 unspecified atom stereocenters. The maximum Gasteiger partial charge on any atom is 0.242 e. The first-order chi connectivity index (χ1) is 9.03. The lowest BCUT2D eigenvalue weighted by Gasteiger charge is -2.23. The van der Waals surface area contributed by atoms with Crippen LogP contribution in [0, 0.1) is 0 Å². The molecule has 1 fully saturated rings. The summed E-state index contributed by atoms with van der Waals surface area (Å²) >= 11 is 0. The summed E-state index contributed by atoms with van der Waals surface area (Å²) in [5.74, 6) is 1.14. The third-order valence-electron chi connectivity index (χ3n) is 3.16. The number of hydrogen-bond donors (Lipinski definition) is 2. The lowest BCUT2D eigenvalue weighted by atomic mass is 10.2. The number of rotatable bonds is 4. The van der Waals surface area contributed by atoms with Crippen molar-refractivity contribution in [3.63, 3.8) is 0 Å². The third kappa shape index (κ3) is 3.55. The maximum absolute atomic E-state index is 12.3. The van der Waals surface area contributed by atoms with Crippen LogP contribution in [0.25, 0.3) is 0 Å². The molecule has 0 radical (unpaired) electrons. The smallest absolute Gasteiger partial charge is 0.242 e. The minimum absolute atomic E-state index is 0.118. The highest BCUT2D eigenvalue weighted by Gasteiger charge is 2.25. The van der Waals surface area contributed by atoms with Gasteiger partial charge < -0.3 is 5.32 Å². The molecule has 0 atom stereocenters. The molecule has 1 saturated heterocycles. The SMILES string of the molecule is CNc1ccccc1S(=O)(=O)NC1CCS(=O)CC1. The summed E-state index contributed by atoms with van der Waals surface area (Å²) in [6.45, 7) is 0. The van der Waals surface area contributed by atoms with Crippen molar-refractivity contribution in [3.8, 4) is 0 Å². The predicted octanol–water partition coefficient (Wildman–Crippen LogP) is 0.918. The molecule has 19 heavy (non-hydrogen) atoms. The summed E-state index contributed by atoms with van der Waals surface area (Å²) in [7, 11) is -2.63. The fourth-order valence-corrected chi connectivity index (χ4v) is 4.92. The van der Waals surface area contributed by atoms with Crippen LogP contribution in [0.4, 0.5) is 5.69 Å². The zero-order valence-corrected chi connectivity index (χ0v) is 12.4. The zero-order valence-electron chi connectivity index (χ0n) is 10.8. The standard InChI is InChI=1S/C12H18N2O3S2/c1-13-11-4-2-3-5-12(11)19(16,17)14-10-6-8-18(15)9-7-10/h2-5,10,13-14H,6-9H2,1H3. The Morgan fingerprint density at radius 3 is 2.47 bits per heavy atom. The monoisotopic (exact) mass is 302 g/mol. The normalized spacial score (nSPS) is 24.1. The number of anilines is 1. The number of benzene rings is 1. The maximum atomic E-state index is 12.3. The molecule has 1 heterocycles. The fourth-order valence-electron chi connectivity index (χ4n) is 2.10. The van der Waals surface area contributed by atoms with E-state index >= 15 is 0 Å². The van der Waals surface area contributed by atoms with E-state index in [2.05, 4.69) is 10.0 Å². The van der Waals surface area contributed by atoms with E-state index in [1.54, 1.807) is 31.3 Å². The van der Waals surface area contributed by atoms with Gasteiger partial charge in [-0.1, -0.05) is 12.1 Å². The molecular formula is C12H18N2O3S2. The van der Waals surface area contributed by atoms with Crippen molar-refractivity contribution >= 4 is 26.5 Å². The van der Waals surface area contributed by atoms with E-state index in [-0.39, 0.29) is 10.9 Å². The highest BCUT2D eigenvalue weighted by atomic mass is 32.2. The van der Waals surface area contributed by atoms with Crippen LogP contribution >= 0.6 is 0 Å². The molecule has 106 valence electrons. The van der Waals surface area contributed by atoms with Crippen LogP contribution in [0.15, 0.2) is 29.2 Å². The first kappa shape index (κ1) is 14.5. The Labute approximate surface area is 116 Å². The van der Waals surface area contributed by atoms with Crippen LogP contribution in [0.1, 0.15) is 12.8 Å². The number of nitrogens with one attached hydrogen (secondary N) is 2. The van der Waals surface area contributed by atoms with E-state index in [0.717, 1.165) is 0 Å². The van der Waals surface area contributed by atoms with E-state index in [0.29, 0.717) is 30.0 Å². The van der Waals surface area contributed by atoms with Crippen molar-refractivity contribution in [2.45, 2.75) is 23.8 Å². The summed E-state index contributed by atoms with van der Waals surface area (Å²) in [4.78, 5) is 0.254. The van der Waals surface area contributed by atoms with Gasteiger partial charge in [0.15, 0.2) is 0 Å². The molecule has 0 spiro atoms. The molecule has 0 bridgehead atoms. The summed E-state index contributed by atoms with van der Waals surface area (Å²) in [6, 6.07) is 6.67. The van der Waals surface area contributed by atoms with E-state index < -0.39 is 20.8 Å². The highest BCUT2D eigenvalue weighted by Crippen LogP contribution is 2.21. The van der Waals surface area contributed by atoms with Crippen molar-refractivity contribution in [2.24, 2.45) is 0 Å². The third-order valence-corrected chi connectivity index (χ3v) is 6.12. The second-order valence-corrected chi connectivity index (χ2v) is 7.87. The minimum atomic E-state index is -3.53. The molecule has 1 aliphatic heterocycles. The molecule has 0 aromatic heterocycles. The molecule has 0 amide bonds. The quantitative estimate of drug-likeness (QED) is 0.867. The Balaban J connectivity index is 2.16. The van der Waals surface area contributed by atoms with Gasteiger partial charge in [-0.05, 0) is 25.0 Å². The van der Waals surface area contributed by atoms with Gasteiger partial charge in [-0.25, -0.2) is 13.1 Å². The van der Waals surface area contributed by atoms with Crippen LogP contribution < -0.4 is 10.0 Å². The lowest BCUT2D eigenvalue weighted by Crippen LogP contribution is -2.39. The average Bonchev–Trinajstić information content (AvgIpc) is 2.41. The first-order valence-corrected chi connectivity index (χ1v) is 9.14. The Bertz CT molecular complexity index is 562. The van der Waals surface area contributed by atoms with E-state index in [1.165, 1.54) is 0 Å². The number of hydrogen-bond acceptors (Lipinski definition) is 4. The molecule has 2 rings (SSSR count). The van der Waals surface area contributed by atoms with E-state index in [4.69, 9.17) is 0 Å². The van der Waals surface area contributed by atoms with E-state index in [9.17, 15) is 12.6 Å². The van der Waals surface area contributed by atoms with Gasteiger partial charge in [0, 0.05) is 35.4 Å². The molecule has 2 N–H and O–H groups in total. The molecule has 1 aliphatic rings. The van der Waals surface area contributed by atoms with Crippen molar-refractivity contribution in [2.75, 3.05) is 23.9 Å². The zero-order chi connectivity index (χ0) is 13.9. The van der Waals surface area contributed by atoms with Crippen molar-refractivity contribution in [1.82, 2.24) is 4.72 Å². The van der Waals surface area contributed by atoms with Gasteiger partial charge in [0.05, 0.1) is 5.69 Å². The first-order valence-electron chi connectivity index (χ1n) is 6.17. The Kier molecular flexibility index (Phi) is 4.59. The number of para-hydroxylation sites is 1. The van der Waals surface area contributed by atoms with Crippen LogP contribution in [-0.4, -0.2) is 37.2 Å². The Morgan fingerprint density at radius 1 is 1.21 bits per heavy atom. The van der Waals surface area contributed by atoms with Gasteiger partial charge in [-0.15, -0.1) is 0 Å². The Morgan fingerprint density at radius 2 is 1.84 bits per heavy atom. The molecule has 7 heteroatoms. The molecule has 1 aromatic rings. The summed E-state index contributed by atoms with van der Waals surface area (Å²) in [5.41, 5.74) is 0.578.